The van der Waals surface area contributed by atoms with Crippen LogP contribution >= 0.6 is 11.6 Å². The topological polar surface area (TPSA) is 134 Å². The maximum absolute atomic E-state index is 13.9. The molecule has 0 radical (unpaired) electrons. The van der Waals surface area contributed by atoms with Gasteiger partial charge in [-0.1, -0.05) is 37.1 Å². The lowest BCUT2D eigenvalue weighted by Crippen LogP contribution is -2.70. The predicted molar refractivity (Wildman–Crippen MR) is 167 cm³/mol. The average Bonchev–Trinajstić information content (AvgIpc) is 2.97. The van der Waals surface area contributed by atoms with E-state index in [2.05, 4.69) is 20.6 Å². The number of anilines is 2. The number of carbonyl (C=O) groups is 4. The van der Waals surface area contributed by atoms with Gasteiger partial charge in [0.05, 0.1) is 12.0 Å². The van der Waals surface area contributed by atoms with Gasteiger partial charge in [0.2, 0.25) is 5.91 Å². The molecule has 1 fully saturated rings. The normalized spacial score (nSPS) is 16.9. The van der Waals surface area contributed by atoms with Gasteiger partial charge in [0.1, 0.15) is 17.5 Å². The Morgan fingerprint density at radius 3 is 2.48 bits per heavy atom. The van der Waals surface area contributed by atoms with E-state index in [1.54, 1.807) is 82.7 Å². The molecule has 232 valence electrons. The monoisotopic (exact) mass is 620 g/mol. The zero-order chi connectivity index (χ0) is 32.0. The molecule has 11 nitrogen and oxygen atoms in total. The van der Waals surface area contributed by atoms with Gasteiger partial charge in [-0.25, -0.2) is 14.6 Å². The maximum Gasteiger partial charge on any atom is 0.413 e. The number of ether oxygens (including phenoxy) is 1. The van der Waals surface area contributed by atoms with Gasteiger partial charge < -0.3 is 15.0 Å². The largest absolute Gasteiger partial charge is 0.444 e. The van der Waals surface area contributed by atoms with Crippen LogP contribution in [-0.2, 0) is 20.7 Å². The number of rotatable bonds is 9. The van der Waals surface area contributed by atoms with E-state index in [0.717, 1.165) is 16.9 Å². The van der Waals surface area contributed by atoms with Crippen molar-refractivity contribution >= 4 is 47.0 Å². The minimum atomic E-state index is -1.07. The molecule has 0 aliphatic carbocycles. The summed E-state index contributed by atoms with van der Waals surface area (Å²) < 4.78 is 5.30. The number of β-lactam (4-membered cyclic amide) rings is 1. The highest BCUT2D eigenvalue weighted by atomic mass is 35.5. The number of imide groups is 1. The molecule has 5 amide bonds. The third kappa shape index (κ3) is 7.90. The molecule has 0 unspecified atom stereocenters. The van der Waals surface area contributed by atoms with Crippen molar-refractivity contribution < 1.29 is 23.9 Å². The van der Waals surface area contributed by atoms with Crippen molar-refractivity contribution in [1.82, 2.24) is 20.2 Å². The summed E-state index contributed by atoms with van der Waals surface area (Å²) in [5, 5.41) is 6.07. The molecule has 3 aromatic rings. The SMILES string of the molecule is CCC[C@@H](NC(=O)N1C(=O)[C@H](Cc2ccnc(NC(=O)OC(C)(C)C)c2)[C@H]1C(=O)N(C)c1ccncc1)c1cccc(Cl)c1. The van der Waals surface area contributed by atoms with Gasteiger partial charge in [-0.05, 0) is 81.1 Å². The molecular weight excluding hydrogens is 584 g/mol. The summed E-state index contributed by atoms with van der Waals surface area (Å²) in [4.78, 5) is 64.0. The van der Waals surface area contributed by atoms with E-state index >= 15 is 0 Å². The second-order valence-electron chi connectivity index (χ2n) is 11.6. The van der Waals surface area contributed by atoms with Crippen LogP contribution in [-0.4, -0.2) is 57.5 Å². The molecule has 3 atom stereocenters. The van der Waals surface area contributed by atoms with Crippen LogP contribution in [0.2, 0.25) is 5.02 Å². The average molecular weight is 621 g/mol. The van der Waals surface area contributed by atoms with E-state index in [1.807, 2.05) is 13.0 Å². The number of hydrogen-bond donors (Lipinski definition) is 2. The third-order valence-corrected chi connectivity index (χ3v) is 7.34. The number of pyridine rings is 2. The smallest absolute Gasteiger partial charge is 0.413 e. The quantitative estimate of drug-likeness (QED) is 0.290. The summed E-state index contributed by atoms with van der Waals surface area (Å²) in [5.74, 6) is -1.50. The van der Waals surface area contributed by atoms with Crippen molar-refractivity contribution in [3.05, 3.63) is 83.3 Å². The van der Waals surface area contributed by atoms with Crippen LogP contribution < -0.4 is 15.5 Å². The van der Waals surface area contributed by atoms with Gasteiger partial charge in [-0.2, -0.15) is 0 Å². The Balaban J connectivity index is 1.58. The van der Waals surface area contributed by atoms with Crippen LogP contribution in [0.25, 0.3) is 0 Å². The number of aromatic nitrogens is 2. The van der Waals surface area contributed by atoms with Crippen molar-refractivity contribution in [2.75, 3.05) is 17.3 Å². The fourth-order valence-corrected chi connectivity index (χ4v) is 5.23. The number of amides is 5. The first-order chi connectivity index (χ1) is 20.9. The number of nitrogens with one attached hydrogen (secondary N) is 2. The summed E-state index contributed by atoms with van der Waals surface area (Å²) in [6.45, 7) is 7.24. The Morgan fingerprint density at radius 1 is 1.09 bits per heavy atom. The Hall–Kier alpha value is -4.51. The van der Waals surface area contributed by atoms with E-state index in [1.165, 1.54) is 11.1 Å². The van der Waals surface area contributed by atoms with Crippen molar-refractivity contribution in [3.63, 3.8) is 0 Å². The first-order valence-corrected chi connectivity index (χ1v) is 14.8. The zero-order valence-corrected chi connectivity index (χ0v) is 26.2. The lowest BCUT2D eigenvalue weighted by molar-refractivity contribution is -0.156. The molecule has 1 saturated heterocycles. The molecule has 12 heteroatoms. The fourth-order valence-electron chi connectivity index (χ4n) is 5.03. The molecule has 4 rings (SSSR count). The standard InChI is InChI=1S/C32H37ClN6O5/c1-6-8-25(21-9-7-10-22(33)19-21)36-30(42)39-27(29(41)38(5)23-12-14-34-15-13-23)24(28(39)40)17-20-11-16-35-26(18-20)37-31(43)44-32(2,3)4/h7,9-16,18-19,24-25,27H,6,8,17H2,1-5H3,(H,36,42)(H,35,37,43)/t24-,25-,27+/m1/s1. The molecule has 2 aromatic heterocycles. The maximum atomic E-state index is 13.9. The summed E-state index contributed by atoms with van der Waals surface area (Å²) >= 11 is 6.20. The number of nitrogens with zero attached hydrogens (tertiary/aromatic N) is 4. The number of carbonyl (C=O) groups excluding carboxylic acids is 4. The van der Waals surface area contributed by atoms with Crippen molar-refractivity contribution in [2.45, 2.75) is 64.6 Å². The Kier molecular flexibility index (Phi) is 10.2. The molecule has 0 spiro atoms. The van der Waals surface area contributed by atoms with Crippen LogP contribution in [0.15, 0.2) is 67.1 Å². The van der Waals surface area contributed by atoms with Crippen LogP contribution in [0, 0.1) is 5.92 Å². The van der Waals surface area contributed by atoms with Crippen LogP contribution in [0.4, 0.5) is 21.1 Å². The minimum absolute atomic E-state index is 0.140. The molecule has 0 bridgehead atoms. The minimum Gasteiger partial charge on any atom is -0.444 e. The molecule has 1 aliphatic heterocycles. The first kappa shape index (κ1) is 32.4. The summed E-state index contributed by atoms with van der Waals surface area (Å²) in [5.41, 5.74) is 1.33. The van der Waals surface area contributed by atoms with Crippen LogP contribution in [0.5, 0.6) is 0 Å². The highest BCUT2D eigenvalue weighted by Gasteiger charge is 2.55. The van der Waals surface area contributed by atoms with Gasteiger partial charge in [-0.3, -0.25) is 24.8 Å². The van der Waals surface area contributed by atoms with E-state index < -0.39 is 47.5 Å². The lowest BCUT2D eigenvalue weighted by Gasteiger charge is -2.46. The summed E-state index contributed by atoms with van der Waals surface area (Å²) in [6, 6.07) is 11.7. The van der Waals surface area contributed by atoms with E-state index in [4.69, 9.17) is 16.3 Å². The Morgan fingerprint density at radius 2 is 1.82 bits per heavy atom. The number of hydrogen-bond acceptors (Lipinski definition) is 7. The summed E-state index contributed by atoms with van der Waals surface area (Å²) in [6.07, 6.45) is 5.46. The van der Waals surface area contributed by atoms with Gasteiger partial charge in [0.25, 0.3) is 5.91 Å². The zero-order valence-electron chi connectivity index (χ0n) is 25.4. The van der Waals surface area contributed by atoms with Crippen molar-refractivity contribution in [2.24, 2.45) is 5.92 Å². The second-order valence-corrected chi connectivity index (χ2v) is 12.0. The van der Waals surface area contributed by atoms with E-state index in [9.17, 15) is 19.2 Å². The molecule has 44 heavy (non-hydrogen) atoms. The Labute approximate surface area is 262 Å². The third-order valence-electron chi connectivity index (χ3n) is 7.10. The highest BCUT2D eigenvalue weighted by molar-refractivity contribution is 6.30. The van der Waals surface area contributed by atoms with Gasteiger partial charge in [0.15, 0.2) is 0 Å². The van der Waals surface area contributed by atoms with E-state index in [0.29, 0.717) is 22.7 Å². The lowest BCUT2D eigenvalue weighted by atomic mass is 9.81. The van der Waals surface area contributed by atoms with Gasteiger partial charge in [-0.15, -0.1) is 0 Å². The summed E-state index contributed by atoms with van der Waals surface area (Å²) in [7, 11) is 1.59. The number of halogens is 1. The first-order valence-electron chi connectivity index (χ1n) is 14.4. The molecule has 1 aliphatic rings. The molecule has 3 heterocycles. The number of likely N-dealkylation sites (tertiary alicyclic amines) is 1. The molecular formula is C32H37ClN6O5. The van der Waals surface area contributed by atoms with Crippen LogP contribution in [0.3, 0.4) is 0 Å². The highest BCUT2D eigenvalue weighted by Crippen LogP contribution is 2.34. The molecule has 1 aromatic carbocycles. The second kappa shape index (κ2) is 13.9. The van der Waals surface area contributed by atoms with Crippen molar-refractivity contribution in [1.29, 1.82) is 0 Å². The van der Waals surface area contributed by atoms with Gasteiger partial charge >= 0.3 is 12.1 Å². The molecule has 0 saturated carbocycles. The van der Waals surface area contributed by atoms with Crippen molar-refractivity contribution in [3.8, 4) is 0 Å². The Bertz CT molecular complexity index is 1510. The number of benzene rings is 1. The fraction of sp³-hybridized carbons (Fsp3) is 0.375. The van der Waals surface area contributed by atoms with Crippen LogP contribution in [0.1, 0.15) is 57.7 Å². The van der Waals surface area contributed by atoms with E-state index in [-0.39, 0.29) is 12.2 Å². The van der Waals surface area contributed by atoms with Gasteiger partial charge in [0, 0.05) is 36.3 Å². The molecule has 2 N–H and O–H groups in total. The number of likely N-dealkylation sites (N-methyl/N-ethyl adjacent to an activating group) is 1. The number of urea groups is 1. The predicted octanol–water partition coefficient (Wildman–Crippen LogP) is 5.76.